The molecule has 0 aliphatic carbocycles. The standard InChI is InChI=1S/C19H26N4O5.C19H26N2O4.C5H12.C3H8.C2H6N2O.4H2/c1-13(20)7-9-17(24)27-11-15-5-3-4-6-16(15)12-28-18(25)10-8-14(2)22-23-19(21)26;1-14(20)8-10-18(22)24-12-16-6-4-5-7-17(16)13-25-19(23)11-9-15(2)21-3;1-3-5-4-2;1-3-2;1-4-2(3)5;;;;/h3-6,20H,7-12H2,1-2H3,(H3,21,23,26);4-7,20H,8-13H2,1-3H3;3-5H2,1-2H3;3H2,1-2H3;1H3,(H3,3,4,5);4*1H/b20-13?,22-14+;;;;;;;;. The normalized spacial score (nSPS) is 10.2. The van der Waals surface area contributed by atoms with E-state index in [0.29, 0.717) is 49.2 Å². The number of primary amides is 2. The number of carbonyl (C=O) groups excluding carboxylic acids is 6. The molecule has 0 atom stereocenters. The van der Waals surface area contributed by atoms with Crippen LogP contribution in [0.3, 0.4) is 0 Å². The van der Waals surface area contributed by atoms with Crippen molar-refractivity contribution in [3.05, 3.63) is 70.8 Å². The van der Waals surface area contributed by atoms with Gasteiger partial charge in [0.25, 0.3) is 0 Å². The fourth-order valence-electron chi connectivity index (χ4n) is 4.42. The average Bonchev–Trinajstić information content (AvgIpc) is 3.29. The average molecular weight is 935 g/mol. The van der Waals surface area contributed by atoms with Crippen LogP contribution in [0.25, 0.3) is 0 Å². The Labute approximate surface area is 398 Å². The molecular weight excluding hydrogens is 849 g/mol. The molecule has 0 heterocycles. The first-order chi connectivity index (χ1) is 31.3. The molecule has 0 fully saturated rings. The van der Waals surface area contributed by atoms with E-state index in [0.717, 1.165) is 28.0 Å². The highest BCUT2D eigenvalue weighted by Crippen LogP contribution is 2.15. The summed E-state index contributed by atoms with van der Waals surface area (Å²) in [6.45, 7) is 15.9. The van der Waals surface area contributed by atoms with Gasteiger partial charge in [-0.05, 0) is 75.6 Å². The van der Waals surface area contributed by atoms with Gasteiger partial charge < -0.3 is 46.6 Å². The summed E-state index contributed by atoms with van der Waals surface area (Å²) >= 11 is 0. The minimum absolute atomic E-state index is 0. The summed E-state index contributed by atoms with van der Waals surface area (Å²) in [7, 11) is 3.17. The second-order valence-electron chi connectivity index (χ2n) is 14.7. The van der Waals surface area contributed by atoms with Crippen molar-refractivity contribution in [3.8, 4) is 0 Å². The van der Waals surface area contributed by atoms with Gasteiger partial charge in [-0.2, -0.15) is 5.10 Å². The van der Waals surface area contributed by atoms with Crippen molar-refractivity contribution < 1.29 is 53.4 Å². The maximum absolute atomic E-state index is 11.9. The van der Waals surface area contributed by atoms with Crippen LogP contribution in [0, 0.1) is 10.8 Å². The third-order valence-corrected chi connectivity index (χ3v) is 8.27. The van der Waals surface area contributed by atoms with E-state index in [2.05, 4.69) is 54.3 Å². The molecule has 18 nitrogen and oxygen atoms in total. The Morgan fingerprint density at radius 3 is 1.06 bits per heavy atom. The van der Waals surface area contributed by atoms with Crippen molar-refractivity contribution in [3.63, 3.8) is 0 Å². The maximum Gasteiger partial charge on any atom is 0.332 e. The van der Waals surface area contributed by atoms with Gasteiger partial charge in [0.15, 0.2) is 0 Å². The number of hydrazone groups is 1. The van der Waals surface area contributed by atoms with E-state index in [1.807, 2.05) is 37.3 Å². The highest BCUT2D eigenvalue weighted by Gasteiger charge is 2.12. The number of hydrogen-bond donors (Lipinski definition) is 6. The van der Waals surface area contributed by atoms with Crippen molar-refractivity contribution in [2.45, 2.75) is 159 Å². The van der Waals surface area contributed by atoms with Crippen LogP contribution in [0.4, 0.5) is 9.59 Å². The summed E-state index contributed by atoms with van der Waals surface area (Å²) in [5.41, 5.74) is 17.0. The number of carbonyl (C=O) groups is 6. The minimum Gasteiger partial charge on any atom is -0.461 e. The Kier molecular flexibility index (Phi) is 41.1. The number of nitrogens with two attached hydrogens (primary N) is 2. The fraction of sp³-hybridized carbons (Fsp3) is 0.542. The van der Waals surface area contributed by atoms with Gasteiger partial charge in [-0.1, -0.05) is 102 Å². The molecule has 4 amide bonds. The molecule has 378 valence electrons. The summed E-state index contributed by atoms with van der Waals surface area (Å²) < 4.78 is 21.0. The zero-order valence-corrected chi connectivity index (χ0v) is 41.1. The number of nitrogens with zero attached hydrogens (tertiary/aromatic N) is 2. The van der Waals surface area contributed by atoms with Crippen LogP contribution in [0.2, 0.25) is 0 Å². The number of unbranched alkanes of at least 4 members (excludes halogenated alkanes) is 2. The highest BCUT2D eigenvalue weighted by molar-refractivity contribution is 5.87. The number of esters is 4. The number of urea groups is 2. The Hall–Kier alpha value is -6.46. The Balaban J connectivity index is -0.000000173. The monoisotopic (exact) mass is 935 g/mol. The van der Waals surface area contributed by atoms with E-state index in [1.54, 1.807) is 46.0 Å². The topological polar surface area (TPSA) is 288 Å². The van der Waals surface area contributed by atoms with Gasteiger partial charge in [-0.25, -0.2) is 15.0 Å². The third-order valence-electron chi connectivity index (χ3n) is 8.27. The summed E-state index contributed by atoms with van der Waals surface area (Å²) in [6.07, 6.45) is 7.77. The van der Waals surface area contributed by atoms with Crippen molar-refractivity contribution in [2.24, 2.45) is 21.6 Å². The second-order valence-corrected chi connectivity index (χ2v) is 14.7. The van der Waals surface area contributed by atoms with Crippen LogP contribution in [0.1, 0.15) is 160 Å². The summed E-state index contributed by atoms with van der Waals surface area (Å²) in [5, 5.41) is 20.5. The molecule has 2 aromatic carbocycles. The molecule has 66 heavy (non-hydrogen) atoms. The summed E-state index contributed by atoms with van der Waals surface area (Å²) in [5.74, 6) is -1.41. The number of rotatable bonds is 23. The number of hydrogen-bond acceptors (Lipinski definition) is 14. The smallest absolute Gasteiger partial charge is 0.332 e. The van der Waals surface area contributed by atoms with E-state index in [-0.39, 0.29) is 69.3 Å². The lowest BCUT2D eigenvalue weighted by atomic mass is 10.1. The fourth-order valence-corrected chi connectivity index (χ4v) is 4.42. The summed E-state index contributed by atoms with van der Waals surface area (Å²) in [4.78, 5) is 71.1. The predicted molar refractivity (Wildman–Crippen MR) is 269 cm³/mol. The molecule has 0 unspecified atom stereocenters. The third kappa shape index (κ3) is 41.5. The van der Waals surface area contributed by atoms with Gasteiger partial charge in [0.2, 0.25) is 0 Å². The highest BCUT2D eigenvalue weighted by atomic mass is 16.5. The van der Waals surface area contributed by atoms with Gasteiger partial charge in [-0.15, -0.1) is 0 Å². The predicted octanol–water partition coefficient (Wildman–Crippen LogP) is 9.76. The summed E-state index contributed by atoms with van der Waals surface area (Å²) in [6, 6.07) is 13.3. The van der Waals surface area contributed by atoms with Crippen LogP contribution in [0.15, 0.2) is 58.6 Å². The van der Waals surface area contributed by atoms with E-state index in [9.17, 15) is 28.8 Å². The Bertz CT molecular complexity index is 1830. The molecule has 0 bridgehead atoms. The maximum atomic E-state index is 11.9. The lowest BCUT2D eigenvalue weighted by Crippen LogP contribution is -2.25. The SMILES string of the molecule is CC(=N)CCC(=O)OCc1ccccc1COC(=O)CC/C(C)=N/NC(N)=O.CCC.CCCCC.CN=C(C)CCC(=O)OCc1ccccc1COC(=O)CCC(C)=N.CNC(N)=O.[HH].[HH].[HH].[HH]. The molecule has 0 saturated heterocycles. The van der Waals surface area contributed by atoms with Crippen LogP contribution in [-0.2, 0) is 64.6 Å². The van der Waals surface area contributed by atoms with Gasteiger partial charge in [0.05, 0.1) is 25.7 Å². The zero-order valence-electron chi connectivity index (χ0n) is 41.1. The lowest BCUT2D eigenvalue weighted by Gasteiger charge is -2.11. The number of ether oxygens (including phenoxy) is 4. The van der Waals surface area contributed by atoms with E-state index in [4.69, 9.17) is 35.5 Å². The quantitative estimate of drug-likeness (QED) is 0.0265. The first kappa shape index (κ1) is 63.8. The molecule has 0 aliphatic heterocycles. The largest absolute Gasteiger partial charge is 0.461 e. The number of nitrogens with one attached hydrogen (secondary N) is 4. The van der Waals surface area contributed by atoms with E-state index < -0.39 is 18.0 Å². The van der Waals surface area contributed by atoms with Gasteiger partial charge >= 0.3 is 35.9 Å². The lowest BCUT2D eigenvalue weighted by molar-refractivity contribution is -0.146. The molecule has 0 aromatic heterocycles. The molecule has 2 aromatic rings. The van der Waals surface area contributed by atoms with Crippen LogP contribution < -0.4 is 22.2 Å². The van der Waals surface area contributed by atoms with Crippen molar-refractivity contribution in [2.75, 3.05) is 14.1 Å². The van der Waals surface area contributed by atoms with Crippen LogP contribution >= 0.6 is 0 Å². The van der Waals surface area contributed by atoms with Gasteiger partial charge in [-0.3, -0.25) is 24.2 Å². The van der Waals surface area contributed by atoms with E-state index in [1.165, 1.54) is 32.7 Å². The molecule has 8 N–H and O–H groups in total. The first-order valence-corrected chi connectivity index (χ1v) is 22.1. The van der Waals surface area contributed by atoms with Crippen molar-refractivity contribution in [1.82, 2.24) is 10.7 Å². The van der Waals surface area contributed by atoms with Crippen molar-refractivity contribution in [1.29, 1.82) is 10.8 Å². The van der Waals surface area contributed by atoms with Gasteiger partial charge in [0.1, 0.15) is 26.4 Å². The van der Waals surface area contributed by atoms with Crippen LogP contribution in [0.5, 0.6) is 0 Å². The molecule has 0 radical (unpaired) electrons. The molecule has 0 saturated carbocycles. The van der Waals surface area contributed by atoms with Crippen LogP contribution in [-0.4, -0.2) is 72.9 Å². The number of benzene rings is 2. The molecular formula is C48H86N8O10. The number of amides is 4. The molecule has 0 aliphatic rings. The van der Waals surface area contributed by atoms with Crippen molar-refractivity contribution >= 4 is 58.8 Å². The molecule has 18 heteroatoms. The molecule has 0 spiro atoms. The van der Waals surface area contributed by atoms with E-state index >= 15 is 0 Å². The Morgan fingerprint density at radius 2 is 0.833 bits per heavy atom. The Morgan fingerprint density at radius 1 is 0.545 bits per heavy atom. The second kappa shape index (κ2) is 42.5. The van der Waals surface area contributed by atoms with Gasteiger partial charge in [0, 0.05) is 42.6 Å². The zero-order chi connectivity index (χ0) is 50.7. The number of aliphatic imine (C=N–C) groups is 1. The first-order valence-electron chi connectivity index (χ1n) is 22.1. The minimum atomic E-state index is -0.771. The molecule has 2 rings (SSSR count).